The number of benzene rings is 1. The zero-order valence-corrected chi connectivity index (χ0v) is 8.71. The summed E-state index contributed by atoms with van der Waals surface area (Å²) >= 11 is 0. The topological polar surface area (TPSA) is 66.5 Å². The number of fused-ring (bicyclic) bond motifs is 1. The third kappa shape index (κ3) is 1.55. The Morgan fingerprint density at radius 1 is 1.44 bits per heavy atom. The van der Waals surface area contributed by atoms with Gasteiger partial charge >= 0.3 is 10.2 Å². The molecule has 0 aliphatic carbocycles. The first-order chi connectivity index (χ1) is 10.2. The van der Waals surface area contributed by atoms with Gasteiger partial charge in [-0.2, -0.15) is 8.42 Å². The molecule has 0 atom stereocenters. The Morgan fingerprint density at radius 2 is 2.12 bits per heavy atom. The zero-order chi connectivity index (χ0) is 17.8. The molecule has 86 valence electrons. The van der Waals surface area contributed by atoms with Crippen LogP contribution in [-0.2, 0) is 10.2 Å². The van der Waals surface area contributed by atoms with Gasteiger partial charge in [0, 0.05) is 14.2 Å². The summed E-state index contributed by atoms with van der Waals surface area (Å²) < 4.78 is 77.9. The number of nitrogens with zero attached hydrogens (tertiary/aromatic N) is 1. The summed E-state index contributed by atoms with van der Waals surface area (Å²) in [6, 6.07) is 1.62. The van der Waals surface area contributed by atoms with E-state index in [1.165, 1.54) is 24.3 Å². The molecule has 1 aromatic carbocycles. The van der Waals surface area contributed by atoms with Crippen LogP contribution in [0.4, 0.5) is 5.69 Å². The van der Waals surface area contributed by atoms with E-state index in [1.54, 1.807) is 0 Å². The van der Waals surface area contributed by atoms with Crippen LogP contribution in [0.1, 0.15) is 33.7 Å². The minimum absolute atomic E-state index is 0.118. The fraction of sp³-hybridized carbons (Fsp3) is 0.300. The van der Waals surface area contributed by atoms with Crippen molar-refractivity contribution in [1.29, 1.82) is 0 Å². The molecule has 1 aromatic rings. The lowest BCUT2D eigenvalue weighted by Crippen LogP contribution is -2.48. The van der Waals surface area contributed by atoms with Gasteiger partial charge in [0.25, 0.3) is 5.91 Å². The van der Waals surface area contributed by atoms with Gasteiger partial charge in [-0.05, 0) is 25.8 Å². The van der Waals surface area contributed by atoms with Crippen LogP contribution in [0.25, 0.3) is 0 Å². The second kappa shape index (κ2) is 3.48. The Morgan fingerprint density at radius 3 is 2.81 bits per heavy atom. The maximum absolute atomic E-state index is 12.5. The predicted molar refractivity (Wildman–Crippen MR) is 60.3 cm³/mol. The maximum atomic E-state index is 12.5. The summed E-state index contributed by atoms with van der Waals surface area (Å²) in [4.78, 5) is 12.5. The first kappa shape index (κ1) is 5.18. The fourth-order valence-electron chi connectivity index (χ4n) is 1.38. The van der Waals surface area contributed by atoms with Gasteiger partial charge in [0.05, 0.1) is 12.6 Å². The lowest BCUT2D eigenvalue weighted by Gasteiger charge is -2.31. The van der Waals surface area contributed by atoms with Crippen LogP contribution in [0.3, 0.4) is 0 Å². The van der Waals surface area contributed by atoms with Crippen molar-refractivity contribution in [3.8, 4) is 0 Å². The van der Waals surface area contributed by atoms with Crippen molar-refractivity contribution in [3.05, 3.63) is 29.8 Å². The minimum atomic E-state index is -4.88. The predicted octanol–water partition coefficient (Wildman–Crippen LogP) is 1.21. The van der Waals surface area contributed by atoms with E-state index in [1.807, 2.05) is 4.72 Å². The van der Waals surface area contributed by atoms with E-state index in [0.29, 0.717) is 0 Å². The van der Waals surface area contributed by atoms with Crippen LogP contribution in [-0.4, -0.2) is 24.6 Å². The van der Waals surface area contributed by atoms with Gasteiger partial charge in [0.2, 0.25) is 0 Å². The molecule has 0 aromatic heterocycles. The molecule has 2 rings (SSSR count). The van der Waals surface area contributed by atoms with Crippen molar-refractivity contribution in [2.75, 3.05) is 4.72 Å². The molecule has 1 aliphatic heterocycles. The fourth-order valence-corrected chi connectivity index (χ4v) is 2.49. The zero-order valence-electron chi connectivity index (χ0n) is 14.9. The highest BCUT2D eigenvalue weighted by atomic mass is 32.2. The van der Waals surface area contributed by atoms with E-state index in [2.05, 4.69) is 0 Å². The molecule has 1 amide bonds. The summed E-state index contributed by atoms with van der Waals surface area (Å²) in [6.07, 6.45) is 0. The van der Waals surface area contributed by atoms with Crippen molar-refractivity contribution in [1.82, 2.24) is 4.31 Å². The highest BCUT2D eigenvalue weighted by Gasteiger charge is 2.36. The molecule has 0 saturated heterocycles. The first-order valence-corrected chi connectivity index (χ1v) is 5.64. The second-order valence-corrected chi connectivity index (χ2v) is 4.59. The summed E-state index contributed by atoms with van der Waals surface area (Å²) in [5.41, 5.74) is -0.361. The molecular weight excluding hydrogens is 228 g/mol. The van der Waals surface area contributed by atoms with Gasteiger partial charge < -0.3 is 0 Å². The number of anilines is 1. The molecule has 0 fully saturated rings. The SMILES string of the molecule is [2H]C([2H])([2H])C([2H])(N1C(=O)c2ccccc2NS1(=O)=O)C([2H])([2H])[2H]. The van der Waals surface area contributed by atoms with E-state index in [0.717, 1.165) is 0 Å². The quantitative estimate of drug-likeness (QED) is 0.811. The van der Waals surface area contributed by atoms with Gasteiger partial charge in [-0.1, -0.05) is 12.1 Å². The van der Waals surface area contributed by atoms with Crippen LogP contribution >= 0.6 is 0 Å². The normalized spacial score (nSPS) is 26.9. The molecule has 0 saturated carbocycles. The third-order valence-corrected chi connectivity index (χ3v) is 3.33. The van der Waals surface area contributed by atoms with Gasteiger partial charge in [-0.15, -0.1) is 0 Å². The molecule has 16 heavy (non-hydrogen) atoms. The number of amides is 1. The number of carbonyl (C=O) groups is 1. The number of rotatable bonds is 1. The van der Waals surface area contributed by atoms with Crippen molar-refractivity contribution in [2.24, 2.45) is 0 Å². The minimum Gasteiger partial charge on any atom is -0.268 e. The average molecular weight is 247 g/mol. The van der Waals surface area contributed by atoms with Gasteiger partial charge in [0.15, 0.2) is 0 Å². The molecule has 0 bridgehead atoms. The Kier molecular flexibility index (Phi) is 1.13. The van der Waals surface area contributed by atoms with Crippen molar-refractivity contribution in [2.45, 2.75) is 19.7 Å². The van der Waals surface area contributed by atoms with Crippen LogP contribution in [0.5, 0.6) is 0 Å². The molecule has 0 unspecified atom stereocenters. The maximum Gasteiger partial charge on any atom is 0.326 e. The number of hydrogen-bond acceptors (Lipinski definition) is 3. The number of hydrogen-bond donors (Lipinski definition) is 1. The Bertz CT molecular complexity index is 742. The van der Waals surface area contributed by atoms with Crippen molar-refractivity contribution >= 4 is 21.8 Å². The van der Waals surface area contributed by atoms with Crippen LogP contribution < -0.4 is 4.72 Å². The standard InChI is InChI=1S/C10H12N2O3S/c1-7(2)12-10(13)8-5-3-4-6-9(8)11-16(12,14)15/h3-7,11H,1-2H3/i1D3,2D3,7D. The molecule has 1 heterocycles. The molecule has 0 spiro atoms. The summed E-state index contributed by atoms with van der Waals surface area (Å²) in [5, 5.41) is 0. The third-order valence-electron chi connectivity index (χ3n) is 2.02. The summed E-state index contributed by atoms with van der Waals surface area (Å²) in [5.74, 6) is -1.39. The Hall–Kier alpha value is -1.56. The first-order valence-electron chi connectivity index (χ1n) is 7.70. The van der Waals surface area contributed by atoms with E-state index < -0.39 is 40.1 Å². The van der Waals surface area contributed by atoms with Crippen molar-refractivity contribution in [3.63, 3.8) is 0 Å². The molecular formula is C10H12N2O3S. The van der Waals surface area contributed by atoms with E-state index in [-0.39, 0.29) is 11.3 Å². The Balaban J connectivity index is 2.77. The van der Waals surface area contributed by atoms with Crippen LogP contribution in [0.15, 0.2) is 24.3 Å². The molecule has 1 N–H and O–H groups in total. The van der Waals surface area contributed by atoms with Gasteiger partial charge in [-0.3, -0.25) is 9.52 Å². The van der Waals surface area contributed by atoms with E-state index in [4.69, 9.17) is 9.60 Å². The highest BCUT2D eigenvalue weighted by Crippen LogP contribution is 2.27. The van der Waals surface area contributed by atoms with Crippen LogP contribution in [0.2, 0.25) is 0 Å². The lowest BCUT2D eigenvalue weighted by molar-refractivity contribution is 0.0834. The van der Waals surface area contributed by atoms with E-state index >= 15 is 0 Å². The Labute approximate surface area is 104 Å². The van der Waals surface area contributed by atoms with Crippen LogP contribution in [0, 0.1) is 0 Å². The summed E-state index contributed by atoms with van der Waals surface area (Å²) in [6.45, 7) is -7.20. The number of carbonyl (C=O) groups excluding carboxylic acids is 1. The molecule has 0 radical (unpaired) electrons. The average Bonchev–Trinajstić information content (AvgIpc) is 2.34. The smallest absolute Gasteiger partial charge is 0.268 e. The van der Waals surface area contributed by atoms with Gasteiger partial charge in [0.1, 0.15) is 0 Å². The number of nitrogens with one attached hydrogen (secondary N) is 1. The monoisotopic (exact) mass is 247 g/mol. The van der Waals surface area contributed by atoms with E-state index in [9.17, 15) is 13.2 Å². The molecule has 1 aliphatic rings. The number of para-hydroxylation sites is 1. The molecule has 5 nitrogen and oxygen atoms in total. The lowest BCUT2D eigenvalue weighted by atomic mass is 10.1. The molecule has 6 heteroatoms. The van der Waals surface area contributed by atoms with Gasteiger partial charge in [-0.25, -0.2) is 4.31 Å². The highest BCUT2D eigenvalue weighted by molar-refractivity contribution is 7.91. The summed E-state index contributed by atoms with van der Waals surface area (Å²) in [7, 11) is -4.88. The van der Waals surface area contributed by atoms with Crippen molar-refractivity contribution < 1.29 is 22.8 Å². The largest absolute Gasteiger partial charge is 0.326 e. The second-order valence-electron chi connectivity index (χ2n) is 3.07.